The van der Waals surface area contributed by atoms with E-state index < -0.39 is 0 Å². The van der Waals surface area contributed by atoms with Gasteiger partial charge in [-0.1, -0.05) is 0 Å². The van der Waals surface area contributed by atoms with Gasteiger partial charge in [-0.25, -0.2) is 4.98 Å². The van der Waals surface area contributed by atoms with Gasteiger partial charge in [0.05, 0.1) is 11.2 Å². The molecule has 0 spiro atoms. The molecule has 0 unspecified atom stereocenters. The molecule has 0 aromatic carbocycles. The van der Waals surface area contributed by atoms with Crippen molar-refractivity contribution >= 4 is 11.3 Å². The van der Waals surface area contributed by atoms with Crippen LogP contribution in [0.25, 0.3) is 0 Å². The smallest absolute Gasteiger partial charge is 0.112 e. The zero-order chi connectivity index (χ0) is 12.5. The summed E-state index contributed by atoms with van der Waals surface area (Å²) >= 11 is 1.68. The molecule has 0 radical (unpaired) electrons. The predicted octanol–water partition coefficient (Wildman–Crippen LogP) is 2.51. The van der Waals surface area contributed by atoms with Crippen LogP contribution in [-0.2, 0) is 12.1 Å². The van der Waals surface area contributed by atoms with Crippen molar-refractivity contribution in [3.63, 3.8) is 0 Å². The number of thiazole rings is 1. The fourth-order valence-electron chi connectivity index (χ4n) is 1.75. The van der Waals surface area contributed by atoms with E-state index in [-0.39, 0.29) is 5.54 Å². The van der Waals surface area contributed by atoms with Crippen LogP contribution >= 0.6 is 11.3 Å². The van der Waals surface area contributed by atoms with Crippen LogP contribution in [0, 0.1) is 13.8 Å². The van der Waals surface area contributed by atoms with Gasteiger partial charge < -0.3 is 5.32 Å². The van der Waals surface area contributed by atoms with Gasteiger partial charge in [-0.2, -0.15) is 5.10 Å². The van der Waals surface area contributed by atoms with E-state index in [2.05, 4.69) is 34.3 Å². The summed E-state index contributed by atoms with van der Waals surface area (Å²) in [6.07, 6.45) is 1.85. The third-order valence-electron chi connectivity index (χ3n) is 2.95. The fraction of sp³-hybridized carbons (Fsp3) is 0.500. The summed E-state index contributed by atoms with van der Waals surface area (Å²) in [4.78, 5) is 4.37. The van der Waals surface area contributed by atoms with Crippen LogP contribution in [0.5, 0.6) is 0 Å². The summed E-state index contributed by atoms with van der Waals surface area (Å²) in [5.74, 6) is 0. The molecular weight excluding hydrogens is 232 g/mol. The number of hydrogen-bond acceptors (Lipinski definition) is 4. The van der Waals surface area contributed by atoms with E-state index in [0.717, 1.165) is 22.9 Å². The van der Waals surface area contributed by atoms with Crippen molar-refractivity contribution in [1.29, 1.82) is 0 Å². The lowest BCUT2D eigenvalue weighted by atomic mass is 10.1. The van der Waals surface area contributed by atoms with Crippen LogP contribution in [0.2, 0.25) is 0 Å². The molecule has 5 heteroatoms. The Morgan fingerprint density at radius 3 is 2.71 bits per heavy atom. The Morgan fingerprint density at radius 1 is 1.41 bits per heavy atom. The van der Waals surface area contributed by atoms with Gasteiger partial charge >= 0.3 is 0 Å². The highest BCUT2D eigenvalue weighted by molar-refractivity contribution is 7.09. The predicted molar refractivity (Wildman–Crippen MR) is 70.0 cm³/mol. The summed E-state index contributed by atoms with van der Waals surface area (Å²) in [5, 5.41) is 13.9. The molecule has 2 rings (SSSR count). The van der Waals surface area contributed by atoms with Crippen molar-refractivity contribution in [2.45, 2.75) is 39.8 Å². The largest absolute Gasteiger partial charge is 0.302 e. The first-order valence-corrected chi connectivity index (χ1v) is 6.54. The number of aryl methyl sites for hydroxylation is 2. The van der Waals surface area contributed by atoms with Crippen LogP contribution in [-0.4, -0.2) is 15.2 Å². The molecule has 2 N–H and O–H groups in total. The van der Waals surface area contributed by atoms with Gasteiger partial charge in [-0.05, 0) is 27.7 Å². The van der Waals surface area contributed by atoms with E-state index in [9.17, 15) is 0 Å². The minimum Gasteiger partial charge on any atom is -0.302 e. The highest BCUT2D eigenvalue weighted by Gasteiger charge is 2.23. The minimum absolute atomic E-state index is 0.107. The minimum atomic E-state index is -0.107. The van der Waals surface area contributed by atoms with Crippen molar-refractivity contribution < 1.29 is 0 Å². The molecule has 4 nitrogen and oxygen atoms in total. The Hall–Kier alpha value is -1.20. The van der Waals surface area contributed by atoms with Gasteiger partial charge in [0.1, 0.15) is 5.01 Å². The number of nitrogens with zero attached hydrogens (tertiary/aromatic N) is 2. The summed E-state index contributed by atoms with van der Waals surface area (Å²) in [6.45, 7) is 9.18. The van der Waals surface area contributed by atoms with Crippen molar-refractivity contribution in [3.05, 3.63) is 33.5 Å². The lowest BCUT2D eigenvalue weighted by molar-refractivity contribution is 0.398. The fourth-order valence-corrected chi connectivity index (χ4v) is 2.49. The molecule has 2 heterocycles. The SMILES string of the molecule is Cc1n[nH]c(C)c1CNC(C)(C)c1nccs1. The highest BCUT2D eigenvalue weighted by atomic mass is 32.1. The van der Waals surface area contributed by atoms with E-state index in [0.29, 0.717) is 0 Å². The van der Waals surface area contributed by atoms with E-state index in [1.54, 1.807) is 11.3 Å². The highest BCUT2D eigenvalue weighted by Crippen LogP contribution is 2.23. The Labute approximate surface area is 105 Å². The summed E-state index contributed by atoms with van der Waals surface area (Å²) in [6, 6.07) is 0. The van der Waals surface area contributed by atoms with E-state index in [1.165, 1.54) is 5.56 Å². The van der Waals surface area contributed by atoms with Crippen LogP contribution in [0.4, 0.5) is 0 Å². The molecule has 0 bridgehead atoms. The molecule has 0 aliphatic carbocycles. The van der Waals surface area contributed by atoms with E-state index >= 15 is 0 Å². The van der Waals surface area contributed by atoms with Crippen LogP contribution in [0.3, 0.4) is 0 Å². The van der Waals surface area contributed by atoms with Gasteiger partial charge in [0.25, 0.3) is 0 Å². The number of aromatic amines is 1. The Kier molecular flexibility index (Phi) is 3.31. The topological polar surface area (TPSA) is 53.6 Å². The summed E-state index contributed by atoms with van der Waals surface area (Å²) < 4.78 is 0. The summed E-state index contributed by atoms with van der Waals surface area (Å²) in [7, 11) is 0. The maximum atomic E-state index is 4.37. The van der Waals surface area contributed by atoms with Crippen LogP contribution in [0.15, 0.2) is 11.6 Å². The van der Waals surface area contributed by atoms with Gasteiger partial charge in [-0.15, -0.1) is 11.3 Å². The Balaban J connectivity index is 2.08. The second-order valence-electron chi connectivity index (χ2n) is 4.73. The molecule has 0 aliphatic heterocycles. The third kappa shape index (κ3) is 2.56. The van der Waals surface area contributed by atoms with Crippen molar-refractivity contribution in [2.75, 3.05) is 0 Å². The zero-order valence-electron chi connectivity index (χ0n) is 10.7. The lowest BCUT2D eigenvalue weighted by Crippen LogP contribution is -2.36. The van der Waals surface area contributed by atoms with Crippen LogP contribution in [0.1, 0.15) is 35.8 Å². The average Bonchev–Trinajstić information content (AvgIpc) is 2.88. The normalized spacial score (nSPS) is 12.0. The zero-order valence-corrected chi connectivity index (χ0v) is 11.5. The maximum Gasteiger partial charge on any atom is 0.112 e. The number of rotatable bonds is 4. The number of nitrogens with one attached hydrogen (secondary N) is 2. The van der Waals surface area contributed by atoms with Gasteiger partial charge in [0.15, 0.2) is 0 Å². The number of H-pyrrole nitrogens is 1. The van der Waals surface area contributed by atoms with E-state index in [1.807, 2.05) is 25.4 Å². The molecule has 0 saturated heterocycles. The molecule has 2 aromatic rings. The molecule has 0 amide bonds. The monoisotopic (exact) mass is 250 g/mol. The maximum absolute atomic E-state index is 4.37. The first kappa shape index (κ1) is 12.3. The van der Waals surface area contributed by atoms with E-state index in [4.69, 9.17) is 0 Å². The molecular formula is C12H18N4S. The van der Waals surface area contributed by atoms with Gasteiger partial charge in [0, 0.05) is 29.4 Å². The molecule has 0 fully saturated rings. The van der Waals surface area contributed by atoms with Crippen LogP contribution < -0.4 is 5.32 Å². The first-order valence-electron chi connectivity index (χ1n) is 5.66. The second-order valence-corrected chi connectivity index (χ2v) is 5.62. The first-order chi connectivity index (χ1) is 8.00. The summed E-state index contributed by atoms with van der Waals surface area (Å²) in [5.41, 5.74) is 3.33. The number of aromatic nitrogens is 3. The Bertz CT molecular complexity index is 465. The molecule has 17 heavy (non-hydrogen) atoms. The average molecular weight is 250 g/mol. The molecule has 0 aliphatic rings. The van der Waals surface area contributed by atoms with Crippen molar-refractivity contribution in [1.82, 2.24) is 20.5 Å². The quantitative estimate of drug-likeness (QED) is 0.876. The van der Waals surface area contributed by atoms with Gasteiger partial charge in [0.2, 0.25) is 0 Å². The molecule has 2 aromatic heterocycles. The molecule has 92 valence electrons. The van der Waals surface area contributed by atoms with Crippen molar-refractivity contribution in [3.8, 4) is 0 Å². The second kappa shape index (κ2) is 4.58. The standard InChI is InChI=1S/C12H18N4S/c1-8-10(9(2)16-15-8)7-14-12(3,4)11-13-5-6-17-11/h5-6,14H,7H2,1-4H3,(H,15,16). The Morgan fingerprint density at radius 2 is 2.18 bits per heavy atom. The van der Waals surface area contributed by atoms with Crippen molar-refractivity contribution in [2.24, 2.45) is 0 Å². The van der Waals surface area contributed by atoms with Gasteiger partial charge in [-0.3, -0.25) is 5.10 Å². The number of hydrogen-bond donors (Lipinski definition) is 2. The lowest BCUT2D eigenvalue weighted by Gasteiger charge is -2.24. The molecule has 0 atom stereocenters. The molecule has 0 saturated carbocycles. The third-order valence-corrected chi connectivity index (χ3v) is 4.05.